The lowest BCUT2D eigenvalue weighted by atomic mass is 9.78. The zero-order valence-electron chi connectivity index (χ0n) is 15.8. The standard InChI is InChI=1S/C20H24O7/c1-10(2)18(22)26-15-8-20(4)16(21)7-13(27-20)11(3)6-14-17(15)12(9-24-5)19(23)25-14/h7,12,14-15,17H,1,3,6,8-9H2,2,4-5H3/t12-,14+,15-,17-,20-/m0/s1. The molecule has 0 amide bonds. The van der Waals surface area contributed by atoms with E-state index >= 15 is 0 Å². The lowest BCUT2D eigenvalue weighted by Crippen LogP contribution is -2.45. The van der Waals surface area contributed by atoms with Crippen LogP contribution < -0.4 is 0 Å². The Kier molecular flexibility index (Phi) is 4.99. The molecule has 7 heteroatoms. The number of ether oxygens (including phenoxy) is 4. The van der Waals surface area contributed by atoms with Crippen LogP contribution in [-0.2, 0) is 33.3 Å². The minimum atomic E-state index is -1.20. The molecule has 2 saturated heterocycles. The van der Waals surface area contributed by atoms with Gasteiger partial charge in [-0.1, -0.05) is 13.2 Å². The summed E-state index contributed by atoms with van der Waals surface area (Å²) in [6.45, 7) is 10.9. The summed E-state index contributed by atoms with van der Waals surface area (Å²) in [6.07, 6.45) is 0.460. The number of ketones is 1. The molecule has 27 heavy (non-hydrogen) atoms. The summed E-state index contributed by atoms with van der Waals surface area (Å²) in [7, 11) is 1.49. The van der Waals surface area contributed by atoms with E-state index in [0.29, 0.717) is 11.3 Å². The van der Waals surface area contributed by atoms with Crippen LogP contribution >= 0.6 is 0 Å². The number of hydrogen-bond donors (Lipinski definition) is 0. The topological polar surface area (TPSA) is 88.1 Å². The molecular weight excluding hydrogens is 352 g/mol. The van der Waals surface area contributed by atoms with E-state index in [1.807, 2.05) is 0 Å². The van der Waals surface area contributed by atoms with E-state index in [1.54, 1.807) is 13.8 Å². The van der Waals surface area contributed by atoms with Gasteiger partial charge >= 0.3 is 11.9 Å². The molecule has 3 rings (SSSR count). The molecule has 3 aliphatic rings. The van der Waals surface area contributed by atoms with Gasteiger partial charge in [0.25, 0.3) is 0 Å². The maximum absolute atomic E-state index is 12.5. The highest BCUT2D eigenvalue weighted by atomic mass is 16.6. The second-order valence-corrected chi connectivity index (χ2v) is 7.56. The molecule has 7 nitrogen and oxygen atoms in total. The van der Waals surface area contributed by atoms with Crippen molar-refractivity contribution in [2.24, 2.45) is 11.8 Å². The van der Waals surface area contributed by atoms with Crippen molar-refractivity contribution in [1.82, 2.24) is 0 Å². The average Bonchev–Trinajstić information content (AvgIpc) is 3.05. The molecule has 3 heterocycles. The lowest BCUT2D eigenvalue weighted by Gasteiger charge is -2.33. The molecule has 0 radical (unpaired) electrons. The van der Waals surface area contributed by atoms with Gasteiger partial charge in [-0.25, -0.2) is 4.79 Å². The lowest BCUT2D eigenvalue weighted by molar-refractivity contribution is -0.155. The van der Waals surface area contributed by atoms with Gasteiger partial charge in [0.05, 0.1) is 12.5 Å². The third kappa shape index (κ3) is 3.43. The number of carbonyl (C=O) groups is 3. The number of fused-ring (bicyclic) bond motifs is 3. The zero-order valence-corrected chi connectivity index (χ0v) is 15.8. The van der Waals surface area contributed by atoms with Crippen LogP contribution in [0.15, 0.2) is 36.1 Å². The number of rotatable bonds is 4. The van der Waals surface area contributed by atoms with E-state index in [9.17, 15) is 14.4 Å². The van der Waals surface area contributed by atoms with Crippen LogP contribution in [0.2, 0.25) is 0 Å². The van der Waals surface area contributed by atoms with Crippen LogP contribution in [0.4, 0.5) is 0 Å². The first-order valence-electron chi connectivity index (χ1n) is 8.85. The van der Waals surface area contributed by atoms with Crippen LogP contribution in [-0.4, -0.2) is 49.2 Å². The minimum absolute atomic E-state index is 0.0934. The SMILES string of the molecule is C=C(C)C(=O)O[C@H]1C[C@]2(C)OC(=CC2=O)C(=C)C[C@H]2OC(=O)[C@@H](COC)[C@H]12. The Labute approximate surface area is 158 Å². The molecule has 0 aromatic carbocycles. The van der Waals surface area contributed by atoms with Crippen molar-refractivity contribution in [3.8, 4) is 0 Å². The first kappa shape index (κ1) is 19.4. The van der Waals surface area contributed by atoms with Gasteiger partial charge in [0.2, 0.25) is 5.78 Å². The molecule has 0 aromatic heterocycles. The Balaban J connectivity index is 2.03. The van der Waals surface area contributed by atoms with E-state index in [-0.39, 0.29) is 30.8 Å². The molecule has 0 N–H and O–H groups in total. The van der Waals surface area contributed by atoms with E-state index in [1.165, 1.54) is 13.2 Å². The fourth-order valence-corrected chi connectivity index (χ4v) is 3.90. The Bertz CT molecular complexity index is 749. The van der Waals surface area contributed by atoms with Crippen molar-refractivity contribution >= 4 is 17.7 Å². The fourth-order valence-electron chi connectivity index (χ4n) is 3.90. The Hall–Kier alpha value is -2.41. The van der Waals surface area contributed by atoms with E-state index < -0.39 is 41.6 Å². The molecule has 3 aliphatic heterocycles. The second kappa shape index (κ2) is 6.96. The predicted octanol–water partition coefficient (Wildman–Crippen LogP) is 1.87. The molecule has 146 valence electrons. The zero-order chi connectivity index (χ0) is 19.9. The van der Waals surface area contributed by atoms with Gasteiger partial charge in [0.15, 0.2) is 5.60 Å². The van der Waals surface area contributed by atoms with Crippen LogP contribution in [0.1, 0.15) is 26.7 Å². The van der Waals surface area contributed by atoms with Gasteiger partial charge in [-0.15, -0.1) is 0 Å². The number of allylic oxidation sites excluding steroid dienone is 1. The minimum Gasteiger partial charge on any atom is -0.479 e. The third-order valence-electron chi connectivity index (χ3n) is 5.35. The normalized spacial score (nSPS) is 35.2. The van der Waals surface area contributed by atoms with Gasteiger partial charge in [-0.2, -0.15) is 0 Å². The quantitative estimate of drug-likeness (QED) is 0.547. The van der Waals surface area contributed by atoms with Crippen molar-refractivity contribution in [2.75, 3.05) is 13.7 Å². The third-order valence-corrected chi connectivity index (χ3v) is 5.35. The van der Waals surface area contributed by atoms with Crippen molar-refractivity contribution in [3.05, 3.63) is 36.1 Å². The summed E-state index contributed by atoms with van der Waals surface area (Å²) in [6, 6.07) is 0. The van der Waals surface area contributed by atoms with Crippen molar-refractivity contribution in [1.29, 1.82) is 0 Å². The Morgan fingerprint density at radius 2 is 2.11 bits per heavy atom. The second-order valence-electron chi connectivity index (χ2n) is 7.56. The number of carbonyl (C=O) groups excluding carboxylic acids is 3. The monoisotopic (exact) mass is 376 g/mol. The molecule has 0 aromatic rings. The first-order chi connectivity index (χ1) is 12.7. The summed E-state index contributed by atoms with van der Waals surface area (Å²) >= 11 is 0. The molecule has 0 spiro atoms. The molecule has 0 aliphatic carbocycles. The van der Waals surface area contributed by atoms with Crippen LogP contribution in [0.3, 0.4) is 0 Å². The summed E-state index contributed by atoms with van der Waals surface area (Å²) in [5, 5.41) is 0. The van der Waals surface area contributed by atoms with E-state index in [2.05, 4.69) is 13.2 Å². The van der Waals surface area contributed by atoms with Crippen LogP contribution in [0.25, 0.3) is 0 Å². The fraction of sp³-hybridized carbons (Fsp3) is 0.550. The number of esters is 2. The largest absolute Gasteiger partial charge is 0.479 e. The molecule has 5 atom stereocenters. The summed E-state index contributed by atoms with van der Waals surface area (Å²) < 4.78 is 22.3. The molecule has 2 fully saturated rings. The molecule has 0 unspecified atom stereocenters. The maximum atomic E-state index is 12.5. The summed E-state index contributed by atoms with van der Waals surface area (Å²) in [5.74, 6) is -1.92. The smallest absolute Gasteiger partial charge is 0.333 e. The Morgan fingerprint density at radius 3 is 2.74 bits per heavy atom. The molecule has 2 bridgehead atoms. The van der Waals surface area contributed by atoms with Crippen molar-refractivity contribution in [3.63, 3.8) is 0 Å². The highest BCUT2D eigenvalue weighted by molar-refractivity contribution is 6.00. The maximum Gasteiger partial charge on any atom is 0.333 e. The van der Waals surface area contributed by atoms with Crippen molar-refractivity contribution in [2.45, 2.75) is 44.5 Å². The highest BCUT2D eigenvalue weighted by Gasteiger charge is 2.55. The predicted molar refractivity (Wildman–Crippen MR) is 94.4 cm³/mol. The van der Waals surface area contributed by atoms with Crippen LogP contribution in [0.5, 0.6) is 0 Å². The van der Waals surface area contributed by atoms with Gasteiger partial charge < -0.3 is 18.9 Å². The van der Waals surface area contributed by atoms with Crippen molar-refractivity contribution < 1.29 is 33.3 Å². The van der Waals surface area contributed by atoms with Crippen LogP contribution in [0, 0.1) is 11.8 Å². The number of hydrogen-bond acceptors (Lipinski definition) is 7. The Morgan fingerprint density at radius 1 is 1.41 bits per heavy atom. The van der Waals surface area contributed by atoms with E-state index in [0.717, 1.165) is 0 Å². The van der Waals surface area contributed by atoms with Gasteiger partial charge in [-0.05, 0) is 19.4 Å². The summed E-state index contributed by atoms with van der Waals surface area (Å²) in [4.78, 5) is 37.2. The molecular formula is C20H24O7. The highest BCUT2D eigenvalue weighted by Crippen LogP contribution is 2.44. The number of methoxy groups -OCH3 is 1. The average molecular weight is 376 g/mol. The van der Waals surface area contributed by atoms with Gasteiger partial charge in [0.1, 0.15) is 18.0 Å². The molecule has 0 saturated carbocycles. The van der Waals surface area contributed by atoms with E-state index in [4.69, 9.17) is 18.9 Å². The van der Waals surface area contributed by atoms with Gasteiger partial charge in [0, 0.05) is 37.5 Å². The van der Waals surface area contributed by atoms with Gasteiger partial charge in [-0.3, -0.25) is 9.59 Å². The summed E-state index contributed by atoms with van der Waals surface area (Å²) in [5.41, 5.74) is -0.400. The first-order valence-corrected chi connectivity index (χ1v) is 8.85.